The molecule has 4 N–H and O–H groups in total. The molecule has 1 aliphatic rings. The summed E-state index contributed by atoms with van der Waals surface area (Å²) >= 11 is 0. The lowest BCUT2D eigenvalue weighted by Crippen LogP contribution is -2.55. The van der Waals surface area contributed by atoms with Crippen LogP contribution in [0.25, 0.3) is 0 Å². The van der Waals surface area contributed by atoms with Gasteiger partial charge in [0.1, 0.15) is 0 Å². The summed E-state index contributed by atoms with van der Waals surface area (Å²) in [5.74, 6) is 0.366. The molecule has 0 aliphatic carbocycles. The number of hydrogen-bond acceptors (Lipinski definition) is 3. The molecule has 1 amide bonds. The van der Waals surface area contributed by atoms with Gasteiger partial charge in [0.25, 0.3) is 0 Å². The van der Waals surface area contributed by atoms with Gasteiger partial charge in [0.15, 0.2) is 0 Å². The van der Waals surface area contributed by atoms with Crippen LogP contribution in [0.5, 0.6) is 0 Å². The van der Waals surface area contributed by atoms with Crippen LogP contribution in [0.3, 0.4) is 0 Å². The fraction of sp³-hybridized carbons (Fsp3) is 0.909. The largest absolute Gasteiger partial charge is 0.368 e. The van der Waals surface area contributed by atoms with Crippen LogP contribution in [0.15, 0.2) is 0 Å². The van der Waals surface area contributed by atoms with E-state index in [0.29, 0.717) is 5.92 Å². The van der Waals surface area contributed by atoms with E-state index in [1.54, 1.807) is 0 Å². The van der Waals surface area contributed by atoms with Gasteiger partial charge in [0, 0.05) is 12.1 Å². The molecule has 2 atom stereocenters. The number of carbonyl (C=O) groups excluding carboxylic acids is 1. The molecule has 0 radical (unpaired) electrons. The van der Waals surface area contributed by atoms with Crippen molar-refractivity contribution in [3.05, 3.63) is 0 Å². The van der Waals surface area contributed by atoms with E-state index in [9.17, 15) is 4.79 Å². The van der Waals surface area contributed by atoms with E-state index in [-0.39, 0.29) is 29.9 Å². The zero-order valence-electron chi connectivity index (χ0n) is 10.4. The maximum absolute atomic E-state index is 11.3. The molecule has 0 aromatic heterocycles. The zero-order chi connectivity index (χ0) is 11.6. The van der Waals surface area contributed by atoms with Gasteiger partial charge in [-0.15, -0.1) is 12.4 Å². The zero-order valence-corrected chi connectivity index (χ0v) is 11.2. The molecule has 0 aromatic carbocycles. The van der Waals surface area contributed by atoms with E-state index in [1.165, 1.54) is 0 Å². The smallest absolute Gasteiger partial charge is 0.234 e. The molecule has 96 valence electrons. The molecular weight excluding hydrogens is 226 g/mol. The SMILES string of the molecule is CC1CCN(CC(C)(C)N)C(C(N)=O)C1.Cl. The number of likely N-dealkylation sites (tertiary alicyclic amines) is 1. The first-order valence-electron chi connectivity index (χ1n) is 5.62. The standard InChI is InChI=1S/C11H23N3O.ClH/c1-8-4-5-14(7-11(2,3)13)9(6-8)10(12)15;/h8-9H,4-7,13H2,1-3H3,(H2,12,15);1H. The molecule has 1 fully saturated rings. The summed E-state index contributed by atoms with van der Waals surface area (Å²) in [5, 5.41) is 0. The summed E-state index contributed by atoms with van der Waals surface area (Å²) in [5.41, 5.74) is 11.1. The molecule has 0 spiro atoms. The number of piperidine rings is 1. The number of halogens is 1. The third kappa shape index (κ3) is 4.68. The molecule has 2 unspecified atom stereocenters. The van der Waals surface area contributed by atoms with Crippen LogP contribution in [0.4, 0.5) is 0 Å². The number of rotatable bonds is 3. The maximum atomic E-state index is 11.3. The predicted octanol–water partition coefficient (Wildman–Crippen LogP) is 0.731. The minimum Gasteiger partial charge on any atom is -0.368 e. The topological polar surface area (TPSA) is 72.3 Å². The lowest BCUT2D eigenvalue weighted by atomic mass is 9.90. The molecule has 0 bridgehead atoms. The Morgan fingerprint density at radius 3 is 2.50 bits per heavy atom. The van der Waals surface area contributed by atoms with Gasteiger partial charge >= 0.3 is 0 Å². The first kappa shape index (κ1) is 15.7. The van der Waals surface area contributed by atoms with Crippen molar-refractivity contribution < 1.29 is 4.79 Å². The summed E-state index contributed by atoms with van der Waals surface area (Å²) in [4.78, 5) is 13.5. The molecule has 1 rings (SSSR count). The van der Waals surface area contributed by atoms with Crippen molar-refractivity contribution in [3.8, 4) is 0 Å². The Morgan fingerprint density at radius 1 is 1.50 bits per heavy atom. The van der Waals surface area contributed by atoms with E-state index < -0.39 is 0 Å². The van der Waals surface area contributed by atoms with E-state index in [0.717, 1.165) is 25.9 Å². The van der Waals surface area contributed by atoms with Crippen LogP contribution in [0.2, 0.25) is 0 Å². The minimum absolute atomic E-state index is 0. The third-order valence-electron chi connectivity index (χ3n) is 2.91. The third-order valence-corrected chi connectivity index (χ3v) is 2.91. The summed E-state index contributed by atoms with van der Waals surface area (Å²) < 4.78 is 0. The van der Waals surface area contributed by atoms with Gasteiger partial charge in [-0.3, -0.25) is 9.69 Å². The maximum Gasteiger partial charge on any atom is 0.234 e. The number of nitrogens with two attached hydrogens (primary N) is 2. The molecule has 0 aromatic rings. The van der Waals surface area contributed by atoms with Crippen molar-refractivity contribution in [1.82, 2.24) is 4.90 Å². The molecule has 1 saturated heterocycles. The van der Waals surface area contributed by atoms with Gasteiger partial charge in [0.2, 0.25) is 5.91 Å². The van der Waals surface area contributed by atoms with Crippen molar-refractivity contribution in [1.29, 1.82) is 0 Å². The quantitative estimate of drug-likeness (QED) is 0.775. The van der Waals surface area contributed by atoms with Crippen LogP contribution in [-0.2, 0) is 4.79 Å². The van der Waals surface area contributed by atoms with Gasteiger partial charge in [-0.1, -0.05) is 6.92 Å². The van der Waals surface area contributed by atoms with Crippen LogP contribution in [0, 0.1) is 5.92 Å². The van der Waals surface area contributed by atoms with Crippen LogP contribution < -0.4 is 11.5 Å². The molecule has 16 heavy (non-hydrogen) atoms. The summed E-state index contributed by atoms with van der Waals surface area (Å²) in [6.07, 6.45) is 1.99. The fourth-order valence-electron chi connectivity index (χ4n) is 2.20. The van der Waals surface area contributed by atoms with Crippen LogP contribution in [0.1, 0.15) is 33.6 Å². The molecular formula is C11H24ClN3O. The first-order valence-corrected chi connectivity index (χ1v) is 5.62. The highest BCUT2D eigenvalue weighted by Crippen LogP contribution is 2.23. The van der Waals surface area contributed by atoms with Crippen molar-refractivity contribution in [2.24, 2.45) is 17.4 Å². The van der Waals surface area contributed by atoms with Gasteiger partial charge in [0.05, 0.1) is 6.04 Å². The van der Waals surface area contributed by atoms with Crippen molar-refractivity contribution in [2.45, 2.75) is 45.2 Å². The number of hydrogen-bond donors (Lipinski definition) is 2. The lowest BCUT2D eigenvalue weighted by molar-refractivity contribution is -0.125. The Labute approximate surface area is 104 Å². The van der Waals surface area contributed by atoms with Crippen molar-refractivity contribution >= 4 is 18.3 Å². The van der Waals surface area contributed by atoms with Crippen LogP contribution in [-0.4, -0.2) is 35.5 Å². The highest BCUT2D eigenvalue weighted by atomic mass is 35.5. The Morgan fingerprint density at radius 2 is 2.06 bits per heavy atom. The van der Waals surface area contributed by atoms with E-state index in [2.05, 4.69) is 11.8 Å². The monoisotopic (exact) mass is 249 g/mol. The highest BCUT2D eigenvalue weighted by Gasteiger charge is 2.32. The Bertz CT molecular complexity index is 240. The first-order chi connectivity index (χ1) is 6.79. The number of primary amides is 1. The van der Waals surface area contributed by atoms with Crippen LogP contribution >= 0.6 is 12.4 Å². The van der Waals surface area contributed by atoms with Crippen molar-refractivity contribution in [2.75, 3.05) is 13.1 Å². The molecule has 0 saturated carbocycles. The van der Waals surface area contributed by atoms with Gasteiger partial charge in [-0.05, 0) is 39.2 Å². The highest BCUT2D eigenvalue weighted by molar-refractivity contribution is 5.85. The van der Waals surface area contributed by atoms with Gasteiger partial charge in [-0.2, -0.15) is 0 Å². The van der Waals surface area contributed by atoms with Gasteiger partial charge in [-0.25, -0.2) is 0 Å². The second kappa shape index (κ2) is 5.84. The van der Waals surface area contributed by atoms with Gasteiger partial charge < -0.3 is 11.5 Å². The summed E-state index contributed by atoms with van der Waals surface area (Å²) in [7, 11) is 0. The average Bonchev–Trinajstić information content (AvgIpc) is 2.05. The number of nitrogens with zero attached hydrogens (tertiary/aromatic N) is 1. The second-order valence-corrected chi connectivity index (χ2v) is 5.51. The summed E-state index contributed by atoms with van der Waals surface area (Å²) in [6, 6.07) is -0.128. The number of carbonyl (C=O) groups is 1. The van der Waals surface area contributed by atoms with Crippen molar-refractivity contribution in [3.63, 3.8) is 0 Å². The number of amides is 1. The minimum atomic E-state index is -0.270. The molecule has 5 heteroatoms. The molecule has 1 heterocycles. The molecule has 4 nitrogen and oxygen atoms in total. The Balaban J connectivity index is 0.00000225. The van der Waals surface area contributed by atoms with E-state index >= 15 is 0 Å². The second-order valence-electron chi connectivity index (χ2n) is 5.51. The lowest BCUT2D eigenvalue weighted by Gasteiger charge is -2.39. The summed E-state index contributed by atoms with van der Waals surface area (Å²) in [6.45, 7) is 7.77. The predicted molar refractivity (Wildman–Crippen MR) is 68.5 cm³/mol. The normalized spacial score (nSPS) is 27.2. The fourth-order valence-corrected chi connectivity index (χ4v) is 2.20. The molecule has 1 aliphatic heterocycles. The Hall–Kier alpha value is -0.320. The van der Waals surface area contributed by atoms with E-state index in [4.69, 9.17) is 11.5 Å². The Kier molecular flexibility index (Phi) is 5.73. The van der Waals surface area contributed by atoms with E-state index in [1.807, 2.05) is 13.8 Å². The average molecular weight is 250 g/mol.